The lowest BCUT2D eigenvalue weighted by molar-refractivity contribution is 0.268. The monoisotopic (exact) mass is 275 g/mol. The molecule has 0 fully saturated rings. The predicted octanol–water partition coefficient (Wildman–Crippen LogP) is 1.50. The summed E-state index contributed by atoms with van der Waals surface area (Å²) >= 11 is 0. The van der Waals surface area contributed by atoms with E-state index in [9.17, 15) is 0 Å². The highest BCUT2D eigenvalue weighted by Crippen LogP contribution is 2.28. The van der Waals surface area contributed by atoms with Crippen LogP contribution in [0.25, 0.3) is 6.08 Å². The zero-order chi connectivity index (χ0) is 14.4. The molecule has 0 aliphatic carbocycles. The standard InChI is InChI=1S/C14H17N3O3/c1-3-11-4-5-13(14(8-11)19-2)20-10-12-9-17(6-7-18)16-15-12/h3-5,8-9,18H,1,6-7,10H2,2H3. The van der Waals surface area contributed by atoms with E-state index in [2.05, 4.69) is 16.9 Å². The summed E-state index contributed by atoms with van der Waals surface area (Å²) in [6, 6.07) is 5.58. The molecule has 0 spiro atoms. The summed E-state index contributed by atoms with van der Waals surface area (Å²) in [6.45, 7) is 4.45. The van der Waals surface area contributed by atoms with Crippen LogP contribution in [0.3, 0.4) is 0 Å². The van der Waals surface area contributed by atoms with Gasteiger partial charge < -0.3 is 14.6 Å². The molecule has 0 unspecified atom stereocenters. The summed E-state index contributed by atoms with van der Waals surface area (Å²) in [4.78, 5) is 0. The molecule has 1 N–H and O–H groups in total. The van der Waals surface area contributed by atoms with Gasteiger partial charge in [0.15, 0.2) is 11.5 Å². The van der Waals surface area contributed by atoms with Gasteiger partial charge in [0.1, 0.15) is 12.3 Å². The first-order chi connectivity index (χ1) is 9.76. The second-order valence-electron chi connectivity index (χ2n) is 4.10. The van der Waals surface area contributed by atoms with Crippen LogP contribution in [0.5, 0.6) is 11.5 Å². The molecule has 0 aliphatic rings. The number of methoxy groups -OCH3 is 1. The molecule has 0 saturated carbocycles. The molecule has 6 heteroatoms. The average molecular weight is 275 g/mol. The number of ether oxygens (including phenoxy) is 2. The number of benzene rings is 1. The number of aliphatic hydroxyl groups is 1. The van der Waals surface area contributed by atoms with Crippen LogP contribution in [0, 0.1) is 0 Å². The van der Waals surface area contributed by atoms with Crippen molar-refractivity contribution in [1.29, 1.82) is 0 Å². The van der Waals surface area contributed by atoms with Gasteiger partial charge in [0.2, 0.25) is 0 Å². The maximum absolute atomic E-state index is 8.81. The number of hydrogen-bond donors (Lipinski definition) is 1. The first-order valence-corrected chi connectivity index (χ1v) is 6.20. The summed E-state index contributed by atoms with van der Waals surface area (Å²) in [7, 11) is 1.59. The SMILES string of the molecule is C=Cc1ccc(OCc2cn(CCO)nn2)c(OC)c1. The molecule has 0 radical (unpaired) electrons. The minimum absolute atomic E-state index is 0.0283. The first kappa shape index (κ1) is 14.1. The summed E-state index contributed by atoms with van der Waals surface area (Å²) in [5.41, 5.74) is 1.65. The summed E-state index contributed by atoms with van der Waals surface area (Å²) in [6.07, 6.45) is 3.48. The van der Waals surface area contributed by atoms with E-state index in [4.69, 9.17) is 14.6 Å². The van der Waals surface area contributed by atoms with E-state index in [1.54, 1.807) is 24.1 Å². The molecule has 1 heterocycles. The normalized spacial score (nSPS) is 10.3. The van der Waals surface area contributed by atoms with E-state index in [0.29, 0.717) is 23.7 Å². The van der Waals surface area contributed by atoms with Gasteiger partial charge in [0.25, 0.3) is 0 Å². The minimum Gasteiger partial charge on any atom is -0.493 e. The molecule has 2 aromatic rings. The third-order valence-corrected chi connectivity index (χ3v) is 2.71. The Hall–Kier alpha value is -2.34. The van der Waals surface area contributed by atoms with Crippen molar-refractivity contribution >= 4 is 6.08 Å². The third-order valence-electron chi connectivity index (χ3n) is 2.71. The Bertz CT molecular complexity index is 581. The molecule has 0 bridgehead atoms. The van der Waals surface area contributed by atoms with Crippen LogP contribution < -0.4 is 9.47 Å². The topological polar surface area (TPSA) is 69.4 Å². The predicted molar refractivity (Wildman–Crippen MR) is 74.5 cm³/mol. The van der Waals surface area contributed by atoms with Gasteiger partial charge in [-0.2, -0.15) is 0 Å². The van der Waals surface area contributed by atoms with Gasteiger partial charge in [-0.15, -0.1) is 5.10 Å². The Balaban J connectivity index is 2.04. The number of rotatable bonds is 7. The molecule has 1 aromatic heterocycles. The third kappa shape index (κ3) is 3.36. The van der Waals surface area contributed by atoms with Crippen LogP contribution in [0.4, 0.5) is 0 Å². The highest BCUT2D eigenvalue weighted by atomic mass is 16.5. The summed E-state index contributed by atoms with van der Waals surface area (Å²) < 4.78 is 12.5. The second kappa shape index (κ2) is 6.72. The van der Waals surface area contributed by atoms with Gasteiger partial charge in [-0.1, -0.05) is 23.9 Å². The van der Waals surface area contributed by atoms with Crippen molar-refractivity contribution in [3.63, 3.8) is 0 Å². The highest BCUT2D eigenvalue weighted by Gasteiger charge is 2.07. The smallest absolute Gasteiger partial charge is 0.161 e. The van der Waals surface area contributed by atoms with Crippen LogP contribution in [0.2, 0.25) is 0 Å². The Morgan fingerprint density at radius 1 is 1.40 bits per heavy atom. The van der Waals surface area contributed by atoms with Crippen molar-refractivity contribution in [3.05, 3.63) is 42.2 Å². The molecular formula is C14H17N3O3. The molecule has 20 heavy (non-hydrogen) atoms. The maximum Gasteiger partial charge on any atom is 0.161 e. The van der Waals surface area contributed by atoms with Gasteiger partial charge in [-0.25, -0.2) is 4.68 Å². The van der Waals surface area contributed by atoms with Gasteiger partial charge in [-0.3, -0.25) is 0 Å². The number of hydrogen-bond acceptors (Lipinski definition) is 5. The van der Waals surface area contributed by atoms with Crippen molar-refractivity contribution < 1.29 is 14.6 Å². The van der Waals surface area contributed by atoms with Gasteiger partial charge >= 0.3 is 0 Å². The largest absolute Gasteiger partial charge is 0.493 e. The molecule has 0 aliphatic heterocycles. The minimum atomic E-state index is 0.0283. The van der Waals surface area contributed by atoms with E-state index in [-0.39, 0.29) is 13.2 Å². The number of aliphatic hydroxyl groups excluding tert-OH is 1. The van der Waals surface area contributed by atoms with Crippen molar-refractivity contribution in [3.8, 4) is 11.5 Å². The van der Waals surface area contributed by atoms with Crippen LogP contribution in [-0.2, 0) is 13.2 Å². The molecule has 0 amide bonds. The fourth-order valence-corrected chi connectivity index (χ4v) is 1.70. The van der Waals surface area contributed by atoms with Crippen molar-refractivity contribution in [2.75, 3.05) is 13.7 Å². The molecule has 106 valence electrons. The summed E-state index contributed by atoms with van der Waals surface area (Å²) in [5.74, 6) is 1.28. The fraction of sp³-hybridized carbons (Fsp3) is 0.286. The van der Waals surface area contributed by atoms with E-state index in [1.165, 1.54) is 0 Å². The van der Waals surface area contributed by atoms with Crippen molar-refractivity contribution in [2.24, 2.45) is 0 Å². The number of aromatic nitrogens is 3. The molecule has 1 aromatic carbocycles. The van der Waals surface area contributed by atoms with Gasteiger partial charge in [0.05, 0.1) is 26.5 Å². The molecule has 6 nitrogen and oxygen atoms in total. The zero-order valence-corrected chi connectivity index (χ0v) is 11.3. The summed E-state index contributed by atoms with van der Waals surface area (Å²) in [5, 5.41) is 16.6. The Labute approximate surface area is 117 Å². The van der Waals surface area contributed by atoms with E-state index in [1.807, 2.05) is 18.2 Å². The Morgan fingerprint density at radius 2 is 2.25 bits per heavy atom. The van der Waals surface area contributed by atoms with E-state index < -0.39 is 0 Å². The molecule has 0 atom stereocenters. The molecule has 0 saturated heterocycles. The van der Waals surface area contributed by atoms with Crippen LogP contribution in [-0.4, -0.2) is 33.8 Å². The lowest BCUT2D eigenvalue weighted by Gasteiger charge is -2.10. The van der Waals surface area contributed by atoms with Gasteiger partial charge in [0, 0.05) is 0 Å². The first-order valence-electron chi connectivity index (χ1n) is 6.20. The zero-order valence-electron chi connectivity index (χ0n) is 11.3. The van der Waals surface area contributed by atoms with Crippen LogP contribution in [0.1, 0.15) is 11.3 Å². The van der Waals surface area contributed by atoms with Gasteiger partial charge in [-0.05, 0) is 17.7 Å². The second-order valence-corrected chi connectivity index (χ2v) is 4.10. The van der Waals surface area contributed by atoms with E-state index >= 15 is 0 Å². The highest BCUT2D eigenvalue weighted by molar-refractivity contribution is 5.54. The van der Waals surface area contributed by atoms with Crippen molar-refractivity contribution in [2.45, 2.75) is 13.2 Å². The maximum atomic E-state index is 8.81. The molecule has 2 rings (SSSR count). The Morgan fingerprint density at radius 3 is 2.95 bits per heavy atom. The van der Waals surface area contributed by atoms with Crippen LogP contribution >= 0.6 is 0 Å². The fourth-order valence-electron chi connectivity index (χ4n) is 1.70. The lowest BCUT2D eigenvalue weighted by atomic mass is 10.2. The number of nitrogens with zero attached hydrogens (tertiary/aromatic N) is 3. The quantitative estimate of drug-likeness (QED) is 0.829. The van der Waals surface area contributed by atoms with Crippen LogP contribution in [0.15, 0.2) is 31.0 Å². The Kier molecular flexibility index (Phi) is 4.73. The van der Waals surface area contributed by atoms with E-state index in [0.717, 1.165) is 5.56 Å². The molecular weight excluding hydrogens is 258 g/mol. The lowest BCUT2D eigenvalue weighted by Crippen LogP contribution is -2.02. The average Bonchev–Trinajstić information content (AvgIpc) is 2.93. The van der Waals surface area contributed by atoms with Crippen molar-refractivity contribution in [1.82, 2.24) is 15.0 Å².